The lowest BCUT2D eigenvalue weighted by Gasteiger charge is -1.79. The lowest BCUT2D eigenvalue weighted by atomic mass is 10.8. The second-order valence-electron chi connectivity index (χ2n) is 0.622. The Morgan fingerprint density at radius 1 is 1.80 bits per heavy atom. The summed E-state index contributed by atoms with van der Waals surface area (Å²) in [6, 6.07) is 0. The van der Waals surface area contributed by atoms with Gasteiger partial charge < -0.3 is 10.3 Å². The van der Waals surface area contributed by atoms with Gasteiger partial charge in [-0.05, 0) is 12.0 Å². The largest absolute Gasteiger partial charge is 0.330 e. The molecule has 5 heavy (non-hydrogen) atoms. The zero-order valence-electron chi connectivity index (χ0n) is 2.85. The van der Waals surface area contributed by atoms with Crippen molar-refractivity contribution in [1.82, 2.24) is 0 Å². The van der Waals surface area contributed by atoms with E-state index in [1.54, 1.807) is 0 Å². The summed E-state index contributed by atoms with van der Waals surface area (Å²) in [5.74, 6) is 0.639. The predicted octanol–water partition coefficient (Wildman–Crippen LogP) is 0.151. The first-order chi connectivity index (χ1) is 2.41. The van der Waals surface area contributed by atoms with E-state index >= 15 is 0 Å². The number of rotatable bonds is 2. The highest BCUT2D eigenvalue weighted by Gasteiger charge is 1.70. The van der Waals surface area contributed by atoms with Crippen LogP contribution in [0, 0.1) is 0 Å². The summed E-state index contributed by atoms with van der Waals surface area (Å²) < 4.78 is 7.90. The second-order valence-corrected chi connectivity index (χ2v) is 1.29. The van der Waals surface area contributed by atoms with E-state index in [1.165, 1.54) is 0 Å². The molecule has 32 valence electrons. The Hall–Kier alpha value is 0.270. The third kappa shape index (κ3) is 4.27. The summed E-state index contributed by atoms with van der Waals surface area (Å²) in [5.41, 5.74) is 4.96. The zero-order chi connectivity index (χ0) is 4.12. The maximum Gasteiger partial charge on any atom is 0.0318 e. The van der Waals surface area contributed by atoms with Crippen LogP contribution in [0.5, 0.6) is 0 Å². The van der Waals surface area contributed by atoms with Crippen LogP contribution in [-0.2, 0) is 0 Å². The van der Waals surface area contributed by atoms with Crippen molar-refractivity contribution in [1.29, 1.82) is 0 Å². The Labute approximate surface area is 35.6 Å². The van der Waals surface area contributed by atoms with Gasteiger partial charge in [0.25, 0.3) is 0 Å². The molecule has 0 amide bonds. The van der Waals surface area contributed by atoms with Crippen LogP contribution >= 0.6 is 12.0 Å². The lowest BCUT2D eigenvalue weighted by Crippen LogP contribution is -1.99. The molecule has 0 aliphatic rings. The van der Waals surface area contributed by atoms with Crippen LogP contribution in [0.2, 0.25) is 0 Å². The SMILES string of the molecule is NCCSO. The first-order valence-electron chi connectivity index (χ1n) is 1.38. The van der Waals surface area contributed by atoms with Gasteiger partial charge in [0.15, 0.2) is 0 Å². The predicted molar refractivity (Wildman–Crippen MR) is 24.1 cm³/mol. The van der Waals surface area contributed by atoms with Crippen molar-refractivity contribution in [2.24, 2.45) is 5.73 Å². The van der Waals surface area contributed by atoms with Crippen LogP contribution in [0.4, 0.5) is 0 Å². The van der Waals surface area contributed by atoms with Gasteiger partial charge in [-0.25, -0.2) is 0 Å². The van der Waals surface area contributed by atoms with Crippen LogP contribution in [0.3, 0.4) is 0 Å². The van der Waals surface area contributed by atoms with E-state index in [1.807, 2.05) is 0 Å². The van der Waals surface area contributed by atoms with Gasteiger partial charge in [-0.2, -0.15) is 0 Å². The molecular weight excluding hydrogens is 86.1 g/mol. The molecular formula is C2H7NOS. The highest BCUT2D eigenvalue weighted by Crippen LogP contribution is 1.82. The molecule has 0 aromatic rings. The Morgan fingerprint density at radius 2 is 2.40 bits per heavy atom. The summed E-state index contributed by atoms with van der Waals surface area (Å²) in [7, 11) is 0. The number of hydrogen-bond donors (Lipinski definition) is 2. The molecule has 0 aromatic heterocycles. The topological polar surface area (TPSA) is 46.2 Å². The maximum atomic E-state index is 7.90. The Morgan fingerprint density at radius 3 is 2.40 bits per heavy atom. The quantitative estimate of drug-likeness (QED) is 0.478. The molecule has 3 heteroatoms. The lowest BCUT2D eigenvalue weighted by molar-refractivity contribution is 0.663. The fraction of sp³-hybridized carbons (Fsp3) is 1.00. The molecule has 0 unspecified atom stereocenters. The van der Waals surface area contributed by atoms with Gasteiger partial charge in [0.1, 0.15) is 0 Å². The summed E-state index contributed by atoms with van der Waals surface area (Å²) >= 11 is 0.777. The van der Waals surface area contributed by atoms with Crippen molar-refractivity contribution in [3.63, 3.8) is 0 Å². The Balaban J connectivity index is 2.19. The van der Waals surface area contributed by atoms with Crippen molar-refractivity contribution < 1.29 is 4.55 Å². The van der Waals surface area contributed by atoms with Crippen molar-refractivity contribution in [3.8, 4) is 0 Å². The molecule has 0 fully saturated rings. The van der Waals surface area contributed by atoms with Crippen molar-refractivity contribution in [2.75, 3.05) is 12.3 Å². The molecule has 2 nitrogen and oxygen atoms in total. The Kier molecular flexibility index (Phi) is 4.50. The van der Waals surface area contributed by atoms with E-state index in [0.29, 0.717) is 12.3 Å². The minimum atomic E-state index is 0.557. The summed E-state index contributed by atoms with van der Waals surface area (Å²) in [6.07, 6.45) is 0. The summed E-state index contributed by atoms with van der Waals surface area (Å²) in [6.45, 7) is 0.557. The average molecular weight is 93.2 g/mol. The molecule has 0 spiro atoms. The van der Waals surface area contributed by atoms with Gasteiger partial charge in [0.2, 0.25) is 0 Å². The first kappa shape index (κ1) is 5.27. The number of hydrogen-bond acceptors (Lipinski definition) is 3. The van der Waals surface area contributed by atoms with Crippen molar-refractivity contribution >= 4 is 12.0 Å². The average Bonchev–Trinajstić information content (AvgIpc) is 1.41. The Bertz CT molecular complexity index is 17.1. The molecule has 0 saturated heterocycles. The van der Waals surface area contributed by atoms with E-state index in [2.05, 4.69) is 0 Å². The molecule has 0 aliphatic heterocycles. The fourth-order valence-corrected chi connectivity index (χ4v) is 0.158. The standard InChI is InChI=1S/C2H7NOS/c3-1-2-5-4/h4H,1-3H2. The fourth-order valence-electron chi connectivity index (χ4n) is 0.0527. The maximum absolute atomic E-state index is 7.90. The van der Waals surface area contributed by atoms with Gasteiger partial charge in [-0.3, -0.25) is 0 Å². The van der Waals surface area contributed by atoms with Crippen LogP contribution in [0.25, 0.3) is 0 Å². The molecule has 0 saturated carbocycles. The van der Waals surface area contributed by atoms with Crippen LogP contribution in [0.1, 0.15) is 0 Å². The third-order valence-electron chi connectivity index (χ3n) is 0.209. The second kappa shape index (κ2) is 4.27. The summed E-state index contributed by atoms with van der Waals surface area (Å²) in [4.78, 5) is 0. The smallest absolute Gasteiger partial charge is 0.0318 e. The van der Waals surface area contributed by atoms with Gasteiger partial charge in [0.05, 0.1) is 0 Å². The van der Waals surface area contributed by atoms with Crippen molar-refractivity contribution in [3.05, 3.63) is 0 Å². The molecule has 0 heterocycles. The first-order valence-corrected chi connectivity index (χ1v) is 2.32. The van der Waals surface area contributed by atoms with Gasteiger partial charge in [0, 0.05) is 12.3 Å². The zero-order valence-corrected chi connectivity index (χ0v) is 3.66. The van der Waals surface area contributed by atoms with Crippen LogP contribution in [-0.4, -0.2) is 16.9 Å². The monoisotopic (exact) mass is 93.0 g/mol. The van der Waals surface area contributed by atoms with E-state index in [0.717, 1.165) is 12.0 Å². The molecule has 0 radical (unpaired) electrons. The highest BCUT2D eigenvalue weighted by molar-refractivity contribution is 7.93. The molecule has 0 atom stereocenters. The van der Waals surface area contributed by atoms with Crippen LogP contribution in [0.15, 0.2) is 0 Å². The molecule has 0 bridgehead atoms. The molecule has 0 aliphatic carbocycles. The number of nitrogens with two attached hydrogens (primary N) is 1. The molecule has 0 aromatic carbocycles. The normalized spacial score (nSPS) is 8.40. The van der Waals surface area contributed by atoms with Crippen LogP contribution < -0.4 is 5.73 Å². The minimum Gasteiger partial charge on any atom is -0.330 e. The van der Waals surface area contributed by atoms with Gasteiger partial charge in [-0.15, -0.1) is 0 Å². The molecule has 3 N–H and O–H groups in total. The molecule has 0 rings (SSSR count). The van der Waals surface area contributed by atoms with Gasteiger partial charge in [-0.1, -0.05) is 0 Å². The van der Waals surface area contributed by atoms with Crippen molar-refractivity contribution in [2.45, 2.75) is 0 Å². The van der Waals surface area contributed by atoms with E-state index in [9.17, 15) is 0 Å². The highest BCUT2D eigenvalue weighted by atomic mass is 32.2. The summed E-state index contributed by atoms with van der Waals surface area (Å²) in [5, 5.41) is 0. The third-order valence-corrected chi connectivity index (χ3v) is 0.627. The van der Waals surface area contributed by atoms with E-state index in [-0.39, 0.29) is 0 Å². The minimum absolute atomic E-state index is 0.557. The van der Waals surface area contributed by atoms with Gasteiger partial charge >= 0.3 is 0 Å². The van der Waals surface area contributed by atoms with E-state index < -0.39 is 0 Å². The van der Waals surface area contributed by atoms with E-state index in [4.69, 9.17) is 10.3 Å².